The highest BCUT2D eigenvalue weighted by molar-refractivity contribution is 9.10. The molecule has 0 amide bonds. The van der Waals surface area contributed by atoms with Crippen LogP contribution in [0.5, 0.6) is 0 Å². The number of hydrogen-bond acceptors (Lipinski definition) is 7. The summed E-state index contributed by atoms with van der Waals surface area (Å²) in [5, 5.41) is 11.8. The number of nitrogens with one attached hydrogen (secondary N) is 3. The second-order valence-electron chi connectivity index (χ2n) is 6.66. The SMILES string of the molecule is CB(O)NCc1nc(Br)[nH]c1C.C[P+](C)=O.Cc1[nH]c(P(C)(C)=O)nc1CN. The van der Waals surface area contributed by atoms with Crippen LogP contribution in [0.15, 0.2) is 4.73 Å². The van der Waals surface area contributed by atoms with Crippen LogP contribution in [0.25, 0.3) is 0 Å². The molecular formula is C15H31BBrN6O3P2+. The minimum atomic E-state index is -2.26. The average molecular weight is 496 g/mol. The average Bonchev–Trinajstić information content (AvgIpc) is 3.06. The third-order valence-electron chi connectivity index (χ3n) is 3.20. The summed E-state index contributed by atoms with van der Waals surface area (Å²) in [6, 6.07) is 0. The molecule has 0 aliphatic rings. The first-order valence-electron chi connectivity index (χ1n) is 8.55. The summed E-state index contributed by atoms with van der Waals surface area (Å²) >= 11 is 3.23. The molecule has 13 heteroatoms. The standard InChI is InChI=1S/C7H14N3OP.C6H11BBrN3O.C2H6OP/c1-5-6(4-8)10-7(9-5)12(2,3)11;1-4-5(3-9-7(2)12)11-6(8)10-4;1-4(2)3/h4,8H2,1-3H3,(H,9,10);9,12H,3H2,1-2H3,(H,10,11);1-2H3/q;;+1. The fraction of sp³-hybridized carbons (Fsp3) is 0.600. The van der Waals surface area contributed by atoms with Crippen LogP contribution in [0.4, 0.5) is 0 Å². The topological polar surface area (TPSA) is 150 Å². The number of aromatic amines is 2. The molecule has 9 nitrogen and oxygen atoms in total. The Morgan fingerprint density at radius 2 is 1.71 bits per heavy atom. The van der Waals surface area contributed by atoms with E-state index in [1.807, 2.05) is 13.8 Å². The number of aromatic nitrogens is 4. The normalized spacial score (nSPS) is 10.5. The van der Waals surface area contributed by atoms with E-state index in [9.17, 15) is 9.13 Å². The molecule has 2 aromatic heterocycles. The van der Waals surface area contributed by atoms with Gasteiger partial charge in [-0.2, -0.15) is 0 Å². The maximum absolute atomic E-state index is 11.6. The Morgan fingerprint density at radius 1 is 1.21 bits per heavy atom. The van der Waals surface area contributed by atoms with E-state index in [0.29, 0.717) is 18.7 Å². The van der Waals surface area contributed by atoms with Crippen molar-refractivity contribution in [1.29, 1.82) is 0 Å². The highest BCUT2D eigenvalue weighted by Gasteiger charge is 2.16. The summed E-state index contributed by atoms with van der Waals surface area (Å²) in [7, 11) is -3.63. The van der Waals surface area contributed by atoms with Gasteiger partial charge in [-0.3, -0.25) is 0 Å². The Hall–Kier alpha value is -0.825. The Bertz CT molecular complexity index is 802. The smallest absolute Gasteiger partial charge is 0.373 e. The summed E-state index contributed by atoms with van der Waals surface area (Å²) in [4.78, 5) is 14.3. The van der Waals surface area contributed by atoms with Crippen molar-refractivity contribution in [3.63, 3.8) is 0 Å². The lowest BCUT2D eigenvalue weighted by molar-refractivity contribution is 0.552. The molecule has 0 fully saturated rings. The molecule has 0 bridgehead atoms. The minimum Gasteiger partial charge on any atom is -0.437 e. The van der Waals surface area contributed by atoms with E-state index in [1.54, 1.807) is 33.5 Å². The van der Waals surface area contributed by atoms with Crippen LogP contribution in [0, 0.1) is 13.8 Å². The molecule has 0 aliphatic heterocycles. The molecule has 0 saturated heterocycles. The Morgan fingerprint density at radius 3 is 2.00 bits per heavy atom. The first-order valence-corrected chi connectivity index (χ1v) is 14.1. The predicted octanol–water partition coefficient (Wildman–Crippen LogP) is 2.18. The Kier molecular flexibility index (Phi) is 12.3. The molecule has 0 spiro atoms. The van der Waals surface area contributed by atoms with E-state index >= 15 is 0 Å². The first kappa shape index (κ1) is 27.2. The number of imidazole rings is 2. The van der Waals surface area contributed by atoms with Gasteiger partial charge in [0, 0.05) is 24.5 Å². The molecule has 0 radical (unpaired) electrons. The Labute approximate surface area is 176 Å². The van der Waals surface area contributed by atoms with Crippen LogP contribution in [0.3, 0.4) is 0 Å². The first-order chi connectivity index (χ1) is 12.8. The van der Waals surface area contributed by atoms with Crippen molar-refractivity contribution in [2.24, 2.45) is 5.73 Å². The van der Waals surface area contributed by atoms with Crippen molar-refractivity contribution in [1.82, 2.24) is 25.2 Å². The molecule has 6 N–H and O–H groups in total. The monoisotopic (exact) mass is 495 g/mol. The number of nitrogens with zero attached hydrogens (tertiary/aromatic N) is 2. The maximum atomic E-state index is 11.6. The van der Waals surface area contributed by atoms with E-state index in [1.165, 1.54) is 0 Å². The number of H-pyrrole nitrogens is 2. The van der Waals surface area contributed by atoms with E-state index in [2.05, 4.69) is 41.1 Å². The third-order valence-corrected chi connectivity index (χ3v) is 4.81. The van der Waals surface area contributed by atoms with Crippen molar-refractivity contribution >= 4 is 43.5 Å². The number of hydrogen-bond donors (Lipinski definition) is 5. The molecule has 0 unspecified atom stereocenters. The molecule has 0 aliphatic carbocycles. The number of nitrogens with two attached hydrogens (primary N) is 1. The summed E-state index contributed by atoms with van der Waals surface area (Å²) < 4.78 is 21.9. The molecule has 28 heavy (non-hydrogen) atoms. The molecule has 2 rings (SSSR count). The molecule has 158 valence electrons. The van der Waals surface area contributed by atoms with Gasteiger partial charge in [0.15, 0.2) is 10.3 Å². The molecule has 2 aromatic rings. The summed E-state index contributed by atoms with van der Waals surface area (Å²) in [6.45, 7) is 13.2. The van der Waals surface area contributed by atoms with Gasteiger partial charge in [0.05, 0.1) is 11.4 Å². The fourth-order valence-corrected chi connectivity index (χ4v) is 3.12. The largest absolute Gasteiger partial charge is 0.437 e. The lowest BCUT2D eigenvalue weighted by Gasteiger charge is -2.01. The van der Waals surface area contributed by atoms with Crippen LogP contribution >= 0.6 is 30.9 Å². The summed E-state index contributed by atoms with van der Waals surface area (Å²) in [5.74, 6) is 0. The highest BCUT2D eigenvalue weighted by atomic mass is 79.9. The van der Waals surface area contributed by atoms with Gasteiger partial charge in [-0.15, -0.1) is 0 Å². The fourth-order valence-electron chi connectivity index (χ4n) is 1.81. The van der Waals surface area contributed by atoms with Crippen LogP contribution < -0.4 is 16.5 Å². The van der Waals surface area contributed by atoms with Gasteiger partial charge in [0.1, 0.15) is 20.5 Å². The lowest BCUT2D eigenvalue weighted by Crippen LogP contribution is -2.30. The van der Waals surface area contributed by atoms with Crippen LogP contribution in [-0.4, -0.2) is 58.7 Å². The number of rotatable bonds is 5. The lowest BCUT2D eigenvalue weighted by atomic mass is 9.89. The van der Waals surface area contributed by atoms with Crippen molar-refractivity contribution < 1.29 is 14.2 Å². The zero-order valence-corrected chi connectivity index (χ0v) is 20.9. The van der Waals surface area contributed by atoms with Gasteiger partial charge >= 0.3 is 14.9 Å². The van der Waals surface area contributed by atoms with Gasteiger partial charge < -0.3 is 30.5 Å². The summed E-state index contributed by atoms with van der Waals surface area (Å²) in [6.07, 6.45) is 0. The van der Waals surface area contributed by atoms with Crippen molar-refractivity contribution in [3.05, 3.63) is 27.5 Å². The van der Waals surface area contributed by atoms with Gasteiger partial charge in [-0.25, -0.2) is 9.97 Å². The van der Waals surface area contributed by atoms with E-state index in [0.717, 1.165) is 27.5 Å². The van der Waals surface area contributed by atoms with E-state index in [-0.39, 0.29) is 0 Å². The van der Waals surface area contributed by atoms with Gasteiger partial charge in [0.2, 0.25) is 0 Å². The second kappa shape index (κ2) is 12.7. The highest BCUT2D eigenvalue weighted by Crippen LogP contribution is 2.32. The van der Waals surface area contributed by atoms with E-state index in [4.69, 9.17) is 10.8 Å². The van der Waals surface area contributed by atoms with Crippen LogP contribution in [-0.2, 0) is 22.2 Å². The molecule has 2 heterocycles. The van der Waals surface area contributed by atoms with Crippen LogP contribution in [0.2, 0.25) is 6.82 Å². The second-order valence-corrected chi connectivity index (χ2v) is 12.2. The van der Waals surface area contributed by atoms with Gasteiger partial charge in [0.25, 0.3) is 0 Å². The Balaban J connectivity index is 0.000000439. The zero-order chi connectivity index (χ0) is 22.1. The van der Waals surface area contributed by atoms with Crippen molar-refractivity contribution in [3.8, 4) is 0 Å². The quantitative estimate of drug-likeness (QED) is 0.315. The summed E-state index contributed by atoms with van der Waals surface area (Å²) in [5.41, 5.74) is 9.65. The predicted molar refractivity (Wildman–Crippen MR) is 121 cm³/mol. The van der Waals surface area contributed by atoms with Crippen molar-refractivity contribution in [2.45, 2.75) is 33.8 Å². The molecule has 0 saturated carbocycles. The maximum Gasteiger partial charge on any atom is 0.373 e. The van der Waals surface area contributed by atoms with E-state index < -0.39 is 22.0 Å². The number of aryl methyl sites for hydroxylation is 2. The third kappa shape index (κ3) is 11.2. The van der Waals surface area contributed by atoms with Gasteiger partial charge in [-0.1, -0.05) is 4.57 Å². The zero-order valence-electron chi connectivity index (χ0n) is 17.5. The van der Waals surface area contributed by atoms with Crippen LogP contribution in [0.1, 0.15) is 22.8 Å². The molecule has 0 atom stereocenters. The van der Waals surface area contributed by atoms with Gasteiger partial charge in [-0.05, 0) is 49.9 Å². The molecular weight excluding hydrogens is 465 g/mol. The van der Waals surface area contributed by atoms with Crippen molar-refractivity contribution in [2.75, 3.05) is 26.7 Å². The number of halogens is 1. The molecule has 0 aromatic carbocycles. The minimum absolute atomic E-state index is 0.391.